The van der Waals surface area contributed by atoms with Gasteiger partial charge in [0.2, 0.25) is 0 Å². The maximum atomic E-state index is 6.01. The van der Waals surface area contributed by atoms with Gasteiger partial charge in [-0.05, 0) is 38.9 Å². The van der Waals surface area contributed by atoms with Gasteiger partial charge in [0.15, 0.2) is 5.17 Å². The summed E-state index contributed by atoms with van der Waals surface area (Å²) in [6.07, 6.45) is 4.34. The second kappa shape index (κ2) is 10.7. The minimum absolute atomic E-state index is 0.361. The van der Waals surface area contributed by atoms with Crippen LogP contribution in [0.2, 0.25) is 0 Å². The van der Waals surface area contributed by atoms with E-state index in [1.807, 2.05) is 5.01 Å². The molecule has 28 heavy (non-hydrogen) atoms. The minimum Gasteiger partial charge on any atom is -0.370 e. The van der Waals surface area contributed by atoms with Crippen LogP contribution in [0.1, 0.15) is 40.5 Å². The molecule has 2 saturated heterocycles. The number of hydrogen-bond acceptors (Lipinski definition) is 6. The lowest BCUT2D eigenvalue weighted by molar-refractivity contribution is 0.0658. The monoisotopic (exact) mass is 408 g/mol. The summed E-state index contributed by atoms with van der Waals surface area (Å²) < 4.78 is 0. The van der Waals surface area contributed by atoms with Crippen molar-refractivity contribution in [2.75, 3.05) is 39.0 Å². The molecule has 3 atom stereocenters. The number of thioether (sulfide) groups is 1. The molecule has 0 bridgehead atoms. The lowest BCUT2D eigenvalue weighted by Crippen LogP contribution is -2.56. The van der Waals surface area contributed by atoms with Crippen molar-refractivity contribution in [3.8, 4) is 0 Å². The summed E-state index contributed by atoms with van der Waals surface area (Å²) in [5, 5.41) is 6.28. The number of rotatable bonds is 7. The van der Waals surface area contributed by atoms with Crippen molar-refractivity contribution in [3.63, 3.8) is 0 Å². The zero-order valence-corrected chi connectivity index (χ0v) is 19.3. The third-order valence-corrected chi connectivity index (χ3v) is 6.51. The lowest BCUT2D eigenvalue weighted by atomic mass is 10.0. The molecule has 0 spiro atoms. The highest BCUT2D eigenvalue weighted by Gasteiger charge is 2.30. The van der Waals surface area contributed by atoms with Gasteiger partial charge in [-0.1, -0.05) is 38.8 Å². The Labute approximate surface area is 176 Å². The van der Waals surface area contributed by atoms with Crippen molar-refractivity contribution in [3.05, 3.63) is 24.6 Å². The van der Waals surface area contributed by atoms with E-state index in [2.05, 4.69) is 62.2 Å². The van der Waals surface area contributed by atoms with Crippen molar-refractivity contribution in [2.45, 2.75) is 58.7 Å². The summed E-state index contributed by atoms with van der Waals surface area (Å²) >= 11 is 1.63. The number of aliphatic imine (C=N–C) groups is 1. The third-order valence-electron chi connectivity index (χ3n) is 5.89. The van der Waals surface area contributed by atoms with Gasteiger partial charge in [-0.25, -0.2) is 5.01 Å². The van der Waals surface area contributed by atoms with E-state index in [9.17, 15) is 0 Å². The SMILES string of the molecule is C=C(CN1CC(C)N(C(=C)C(C)C)CC1C)NC(=NCC1CCCN1N)SC. The molecule has 2 aliphatic heterocycles. The van der Waals surface area contributed by atoms with Crippen molar-refractivity contribution in [2.24, 2.45) is 16.8 Å². The Kier molecular flexibility index (Phi) is 8.86. The molecule has 0 radical (unpaired) electrons. The Hall–Kier alpha value is -1.02. The van der Waals surface area contributed by atoms with Crippen LogP contribution in [-0.2, 0) is 0 Å². The molecule has 6 nitrogen and oxygen atoms in total. The van der Waals surface area contributed by atoms with E-state index in [-0.39, 0.29) is 0 Å². The average molecular weight is 409 g/mol. The summed E-state index contributed by atoms with van der Waals surface area (Å²) in [6.45, 7) is 22.2. The zero-order valence-electron chi connectivity index (χ0n) is 18.4. The van der Waals surface area contributed by atoms with Crippen LogP contribution in [0.4, 0.5) is 0 Å². The Morgan fingerprint density at radius 2 is 1.96 bits per heavy atom. The maximum absolute atomic E-state index is 6.01. The third kappa shape index (κ3) is 6.24. The molecule has 2 fully saturated rings. The minimum atomic E-state index is 0.361. The van der Waals surface area contributed by atoms with Crippen LogP contribution < -0.4 is 11.2 Å². The molecular weight excluding hydrogens is 368 g/mol. The Morgan fingerprint density at radius 1 is 1.25 bits per heavy atom. The predicted octanol–water partition coefficient (Wildman–Crippen LogP) is 2.71. The number of nitrogens with zero attached hydrogens (tertiary/aromatic N) is 4. The molecule has 0 aromatic rings. The number of piperazine rings is 1. The molecule has 2 heterocycles. The molecule has 0 aliphatic carbocycles. The first kappa shape index (κ1) is 23.3. The number of allylic oxidation sites excluding steroid dienone is 1. The van der Waals surface area contributed by atoms with Gasteiger partial charge < -0.3 is 10.2 Å². The largest absolute Gasteiger partial charge is 0.370 e. The van der Waals surface area contributed by atoms with Crippen LogP contribution in [0.15, 0.2) is 29.5 Å². The van der Waals surface area contributed by atoms with Gasteiger partial charge in [0, 0.05) is 55.7 Å². The summed E-state index contributed by atoms with van der Waals surface area (Å²) in [5.41, 5.74) is 2.24. The van der Waals surface area contributed by atoms with Gasteiger partial charge in [-0.15, -0.1) is 0 Å². The Bertz CT molecular complexity index is 575. The smallest absolute Gasteiger partial charge is 0.160 e. The summed E-state index contributed by atoms with van der Waals surface area (Å²) in [7, 11) is 0. The normalized spacial score (nSPS) is 27.5. The first-order valence-electron chi connectivity index (χ1n) is 10.5. The fourth-order valence-corrected chi connectivity index (χ4v) is 4.43. The number of hydrogen-bond donors (Lipinski definition) is 2. The molecule has 3 N–H and O–H groups in total. The quantitative estimate of drug-likeness (QED) is 0.384. The Balaban J connectivity index is 1.86. The van der Waals surface area contributed by atoms with E-state index in [1.165, 1.54) is 5.70 Å². The predicted molar refractivity (Wildman–Crippen MR) is 123 cm³/mol. The fraction of sp³-hybridized carbons (Fsp3) is 0.762. The van der Waals surface area contributed by atoms with E-state index in [4.69, 9.17) is 10.8 Å². The number of hydrazine groups is 1. The van der Waals surface area contributed by atoms with Gasteiger partial charge in [0.25, 0.3) is 0 Å². The highest BCUT2D eigenvalue weighted by Crippen LogP contribution is 2.23. The lowest BCUT2D eigenvalue weighted by Gasteiger charge is -2.47. The number of amidine groups is 1. The van der Waals surface area contributed by atoms with Crippen molar-refractivity contribution < 1.29 is 0 Å². The first-order valence-corrected chi connectivity index (χ1v) is 11.7. The van der Waals surface area contributed by atoms with E-state index < -0.39 is 0 Å². The molecule has 2 aliphatic rings. The molecule has 0 amide bonds. The van der Waals surface area contributed by atoms with Gasteiger partial charge in [-0.3, -0.25) is 15.7 Å². The van der Waals surface area contributed by atoms with Gasteiger partial charge in [0.05, 0.1) is 6.54 Å². The second-order valence-electron chi connectivity index (χ2n) is 8.54. The van der Waals surface area contributed by atoms with E-state index >= 15 is 0 Å². The van der Waals surface area contributed by atoms with Crippen LogP contribution in [-0.4, -0.2) is 77.1 Å². The van der Waals surface area contributed by atoms with Crippen LogP contribution in [0.25, 0.3) is 0 Å². The summed E-state index contributed by atoms with van der Waals surface area (Å²) in [4.78, 5) is 9.71. The van der Waals surface area contributed by atoms with E-state index in [1.54, 1.807) is 11.8 Å². The molecule has 0 saturated carbocycles. The molecule has 0 aromatic heterocycles. The fourth-order valence-electron chi connectivity index (χ4n) is 3.98. The second-order valence-corrected chi connectivity index (χ2v) is 9.33. The highest BCUT2D eigenvalue weighted by atomic mass is 32.2. The topological polar surface area (TPSA) is 60.1 Å². The first-order chi connectivity index (χ1) is 13.2. The molecular formula is C21H40N6S. The van der Waals surface area contributed by atoms with Crippen LogP contribution in [0.3, 0.4) is 0 Å². The van der Waals surface area contributed by atoms with Crippen LogP contribution in [0.5, 0.6) is 0 Å². The maximum Gasteiger partial charge on any atom is 0.160 e. The molecule has 0 aromatic carbocycles. The van der Waals surface area contributed by atoms with E-state index in [0.29, 0.717) is 24.0 Å². The highest BCUT2D eigenvalue weighted by molar-refractivity contribution is 8.13. The number of nitrogens with one attached hydrogen (secondary N) is 1. The Morgan fingerprint density at radius 3 is 2.54 bits per heavy atom. The van der Waals surface area contributed by atoms with Crippen LogP contribution >= 0.6 is 11.8 Å². The number of nitrogens with two attached hydrogens (primary N) is 1. The van der Waals surface area contributed by atoms with Crippen LogP contribution in [0, 0.1) is 5.92 Å². The van der Waals surface area contributed by atoms with Crippen molar-refractivity contribution in [1.82, 2.24) is 20.1 Å². The zero-order chi connectivity index (χ0) is 20.8. The average Bonchev–Trinajstić information content (AvgIpc) is 3.05. The molecule has 7 heteroatoms. The molecule has 160 valence electrons. The summed E-state index contributed by atoms with van der Waals surface area (Å²) in [5.74, 6) is 6.50. The van der Waals surface area contributed by atoms with E-state index in [0.717, 1.165) is 56.4 Å². The van der Waals surface area contributed by atoms with Crippen molar-refractivity contribution >= 4 is 16.9 Å². The van der Waals surface area contributed by atoms with Gasteiger partial charge >= 0.3 is 0 Å². The summed E-state index contributed by atoms with van der Waals surface area (Å²) in [6, 6.07) is 1.29. The standard InChI is InChI=1S/C21H40N6S/c1-15(2)19(6)26-14-17(4)25(13-18(26)5)12-16(3)24-21(28-7)23-11-20-9-8-10-27(20)22/h15,17-18,20H,3,6,8-14,22H2,1-2,4-5,7H3,(H,23,24). The van der Waals surface area contributed by atoms with Gasteiger partial charge in [-0.2, -0.15) is 0 Å². The molecule has 2 rings (SSSR count). The van der Waals surface area contributed by atoms with Crippen molar-refractivity contribution in [1.29, 1.82) is 0 Å². The van der Waals surface area contributed by atoms with Gasteiger partial charge in [0.1, 0.15) is 0 Å². The molecule has 3 unspecified atom stereocenters.